The van der Waals surface area contributed by atoms with E-state index in [2.05, 4.69) is 72.3 Å². The summed E-state index contributed by atoms with van der Waals surface area (Å²) in [6, 6.07) is 8.16. The second-order valence-electron chi connectivity index (χ2n) is 15.1. The van der Waals surface area contributed by atoms with Crippen LogP contribution in [0.4, 0.5) is 0 Å². The van der Waals surface area contributed by atoms with Crippen LogP contribution < -0.4 is 0 Å². The topological polar surface area (TPSA) is 131 Å². The maximum atomic E-state index is 12.1. The number of carboxylic acid groups (broad SMARTS) is 1. The van der Waals surface area contributed by atoms with Gasteiger partial charge in [0.2, 0.25) is 0 Å². The molecule has 312 valence electrons. The van der Waals surface area contributed by atoms with E-state index in [9.17, 15) is 15.0 Å². The SMILES string of the molecule is CC.CCC(/C=C(/C)C(O)CC(CCC(C)(C)c1cccc(CC(OCOC)C(OCOC)C(=O)O)c1)OS(C)(C)C(C)(C)C)COCOCCOC. The Balaban J connectivity index is 0.0000133. The lowest BCUT2D eigenvalue weighted by atomic mass is 9.78. The van der Waals surface area contributed by atoms with Crippen LogP contribution >= 0.6 is 10.3 Å². The minimum Gasteiger partial charge on any atom is -0.479 e. The third-order valence-corrected chi connectivity index (χ3v) is 13.1. The van der Waals surface area contributed by atoms with Gasteiger partial charge in [0.25, 0.3) is 0 Å². The first-order valence-electron chi connectivity index (χ1n) is 18.9. The molecule has 0 spiro atoms. The minimum absolute atomic E-state index is 0.0386. The summed E-state index contributed by atoms with van der Waals surface area (Å²) in [6.07, 6.45) is 6.91. The van der Waals surface area contributed by atoms with Crippen LogP contribution in [-0.4, -0.2) is 119 Å². The average Bonchev–Trinajstić information content (AvgIpc) is 3.10. The lowest BCUT2D eigenvalue weighted by Crippen LogP contribution is -2.40. The zero-order valence-electron chi connectivity index (χ0n) is 35.5. The van der Waals surface area contributed by atoms with Crippen molar-refractivity contribution in [1.82, 2.24) is 0 Å². The molecule has 0 heterocycles. The van der Waals surface area contributed by atoms with E-state index in [0.717, 1.165) is 36.0 Å². The predicted octanol–water partition coefficient (Wildman–Crippen LogP) is 7.90. The molecule has 0 bridgehead atoms. The predicted molar refractivity (Wildman–Crippen MR) is 216 cm³/mol. The Hall–Kier alpha value is -1.58. The molecule has 1 rings (SSSR count). The van der Waals surface area contributed by atoms with Gasteiger partial charge in [-0.15, -0.1) is 10.3 Å². The van der Waals surface area contributed by atoms with Crippen LogP contribution in [-0.2, 0) is 54.0 Å². The molecule has 0 aliphatic carbocycles. The zero-order chi connectivity index (χ0) is 40.7. The van der Waals surface area contributed by atoms with E-state index in [1.165, 1.54) is 14.2 Å². The highest BCUT2D eigenvalue weighted by molar-refractivity contribution is 8.29. The Morgan fingerprint density at radius 1 is 0.925 bits per heavy atom. The molecule has 0 fully saturated rings. The van der Waals surface area contributed by atoms with Crippen molar-refractivity contribution >= 4 is 16.3 Å². The molecular formula is C41H76O11S. The van der Waals surface area contributed by atoms with Crippen molar-refractivity contribution in [2.75, 3.05) is 74.0 Å². The van der Waals surface area contributed by atoms with E-state index in [-0.39, 0.29) is 42.6 Å². The van der Waals surface area contributed by atoms with Gasteiger partial charge in [-0.1, -0.05) is 85.7 Å². The maximum absolute atomic E-state index is 12.1. The molecular weight excluding hydrogens is 701 g/mol. The Bertz CT molecular complexity index is 1140. The number of benzene rings is 1. The fourth-order valence-electron chi connectivity index (χ4n) is 5.26. The van der Waals surface area contributed by atoms with E-state index in [4.69, 9.17) is 37.3 Å². The number of carboxylic acids is 1. The molecule has 2 N–H and O–H groups in total. The van der Waals surface area contributed by atoms with Gasteiger partial charge in [0.05, 0.1) is 32.0 Å². The van der Waals surface area contributed by atoms with Crippen LogP contribution in [0.25, 0.3) is 0 Å². The Kier molecular flexibility index (Phi) is 26.3. The van der Waals surface area contributed by atoms with Crippen molar-refractivity contribution in [1.29, 1.82) is 0 Å². The molecule has 1 aromatic carbocycles. The standard InChI is InChI=1S/C39H70O11S.C2H6/c1-13-30(25-47-28-46-20-19-43-8)21-29(2)34(40)24-33(50-51(11,12)38(3,4)5)17-18-39(6,7)32-16-14-15-31(22-32)23-35(48-26-44-9)36(37(41)42)49-27-45-10;1-2/h14-16,21-22,30,33-36,40H,13,17-20,23-28H2,1-12H3,(H,41,42);1-2H3/b29-21-;. The molecule has 53 heavy (non-hydrogen) atoms. The summed E-state index contributed by atoms with van der Waals surface area (Å²) in [5.41, 5.74) is 2.71. The van der Waals surface area contributed by atoms with Gasteiger partial charge in [0, 0.05) is 44.8 Å². The van der Waals surface area contributed by atoms with E-state index < -0.39 is 34.6 Å². The van der Waals surface area contributed by atoms with Crippen LogP contribution in [0.1, 0.15) is 99.1 Å². The monoisotopic (exact) mass is 777 g/mol. The first-order valence-corrected chi connectivity index (χ1v) is 21.2. The second-order valence-corrected chi connectivity index (χ2v) is 18.9. The third kappa shape index (κ3) is 20.2. The largest absolute Gasteiger partial charge is 0.479 e. The van der Waals surface area contributed by atoms with Gasteiger partial charge in [-0.05, 0) is 60.8 Å². The number of aliphatic carboxylic acids is 1. The van der Waals surface area contributed by atoms with Crippen molar-refractivity contribution in [3.8, 4) is 0 Å². The molecule has 0 aliphatic heterocycles. The highest BCUT2D eigenvalue weighted by Crippen LogP contribution is 2.55. The molecule has 0 aliphatic rings. The summed E-state index contributed by atoms with van der Waals surface area (Å²) >= 11 is 0. The van der Waals surface area contributed by atoms with Gasteiger partial charge in [-0.25, -0.2) is 4.79 Å². The van der Waals surface area contributed by atoms with E-state index >= 15 is 0 Å². The summed E-state index contributed by atoms with van der Waals surface area (Å²) in [4.78, 5) is 12.1. The fourth-order valence-corrected chi connectivity index (χ4v) is 6.40. The second kappa shape index (κ2) is 27.1. The first kappa shape index (κ1) is 51.4. The number of aliphatic hydroxyl groups is 1. The van der Waals surface area contributed by atoms with Crippen LogP contribution in [0.15, 0.2) is 35.9 Å². The fraction of sp³-hybridized carbons (Fsp3) is 0.780. The number of hydrogen-bond donors (Lipinski definition) is 2. The van der Waals surface area contributed by atoms with Crippen LogP contribution in [0.2, 0.25) is 0 Å². The van der Waals surface area contributed by atoms with Gasteiger partial charge in [-0.3, -0.25) is 0 Å². The van der Waals surface area contributed by atoms with Crippen molar-refractivity contribution in [2.24, 2.45) is 5.92 Å². The molecule has 5 atom stereocenters. The average molecular weight is 777 g/mol. The molecule has 1 aromatic rings. The zero-order valence-corrected chi connectivity index (χ0v) is 36.3. The summed E-state index contributed by atoms with van der Waals surface area (Å²) in [6.45, 7) is 20.6. The van der Waals surface area contributed by atoms with Crippen LogP contribution in [0.5, 0.6) is 0 Å². The molecule has 11 nitrogen and oxygen atoms in total. The highest BCUT2D eigenvalue weighted by atomic mass is 32.3. The lowest BCUT2D eigenvalue weighted by Gasteiger charge is -2.46. The van der Waals surface area contributed by atoms with E-state index in [0.29, 0.717) is 32.7 Å². The van der Waals surface area contributed by atoms with Crippen molar-refractivity contribution in [2.45, 2.75) is 129 Å². The summed E-state index contributed by atoms with van der Waals surface area (Å²) in [5.74, 6) is -0.977. The number of methoxy groups -OCH3 is 3. The summed E-state index contributed by atoms with van der Waals surface area (Å²) < 4.78 is 44.3. The number of hydrogen-bond acceptors (Lipinski definition) is 10. The number of ether oxygens (including phenoxy) is 7. The Morgan fingerprint density at radius 2 is 1.57 bits per heavy atom. The van der Waals surface area contributed by atoms with Gasteiger partial charge in [0.1, 0.15) is 26.5 Å². The molecule has 0 saturated heterocycles. The number of carbonyl (C=O) groups is 1. The van der Waals surface area contributed by atoms with E-state index in [1.54, 1.807) is 7.11 Å². The first-order chi connectivity index (χ1) is 24.9. The minimum atomic E-state index is -1.47. The molecule has 5 unspecified atom stereocenters. The van der Waals surface area contributed by atoms with Gasteiger partial charge < -0.3 is 47.6 Å². The van der Waals surface area contributed by atoms with E-state index in [1.807, 2.05) is 32.9 Å². The highest BCUT2D eigenvalue weighted by Gasteiger charge is 2.34. The van der Waals surface area contributed by atoms with Crippen LogP contribution in [0, 0.1) is 5.92 Å². The quantitative estimate of drug-likeness (QED) is 0.0489. The molecule has 0 aromatic heterocycles. The van der Waals surface area contributed by atoms with Crippen molar-refractivity contribution in [3.05, 3.63) is 47.0 Å². The molecule has 0 saturated carbocycles. The summed E-state index contributed by atoms with van der Waals surface area (Å²) in [7, 11) is 3.10. The third-order valence-electron chi connectivity index (χ3n) is 9.40. The maximum Gasteiger partial charge on any atom is 0.335 e. The normalized spacial score (nSPS) is 15.9. The number of aliphatic hydroxyl groups excluding tert-OH is 1. The van der Waals surface area contributed by atoms with Crippen molar-refractivity contribution in [3.63, 3.8) is 0 Å². The number of rotatable bonds is 28. The smallest absolute Gasteiger partial charge is 0.335 e. The van der Waals surface area contributed by atoms with Gasteiger partial charge in [0.15, 0.2) is 6.10 Å². The molecule has 0 radical (unpaired) electrons. The lowest BCUT2D eigenvalue weighted by molar-refractivity contribution is -0.184. The summed E-state index contributed by atoms with van der Waals surface area (Å²) in [5, 5.41) is 21.3. The van der Waals surface area contributed by atoms with Gasteiger partial charge >= 0.3 is 5.97 Å². The van der Waals surface area contributed by atoms with Gasteiger partial charge in [-0.2, -0.15) is 0 Å². The molecule has 12 heteroatoms. The van der Waals surface area contributed by atoms with Crippen molar-refractivity contribution < 1.29 is 52.3 Å². The Morgan fingerprint density at radius 3 is 2.13 bits per heavy atom. The molecule has 0 amide bonds. The van der Waals surface area contributed by atoms with Crippen LogP contribution in [0.3, 0.4) is 0 Å². The Labute approximate surface area is 323 Å².